The molecule has 0 fully saturated rings. The monoisotopic (exact) mass is 272 g/mol. The van der Waals surface area contributed by atoms with Crippen molar-refractivity contribution in [2.45, 2.75) is 0 Å². The van der Waals surface area contributed by atoms with Gasteiger partial charge >= 0.3 is 5.97 Å². The van der Waals surface area contributed by atoms with Gasteiger partial charge in [-0.3, -0.25) is 0 Å². The number of carbonyl (C=O) groups excluding carboxylic acids is 1. The fourth-order valence-electron chi connectivity index (χ4n) is 1.81. The van der Waals surface area contributed by atoms with Crippen LogP contribution in [0.25, 0.3) is 10.8 Å². The van der Waals surface area contributed by atoms with Crippen molar-refractivity contribution in [3.8, 4) is 11.5 Å². The zero-order valence-electron chi connectivity index (χ0n) is 11.3. The molecule has 2 aromatic rings. The number of rotatable bonds is 6. The first-order valence-electron chi connectivity index (χ1n) is 6.23. The summed E-state index contributed by atoms with van der Waals surface area (Å²) in [5, 5.41) is 1.90. The predicted octanol–water partition coefficient (Wildman–Crippen LogP) is 2.96. The van der Waals surface area contributed by atoms with Crippen LogP contribution in [-0.4, -0.2) is 26.3 Å². The highest BCUT2D eigenvalue weighted by Crippen LogP contribution is 2.28. The number of esters is 1. The first-order chi connectivity index (χ1) is 9.74. The molecule has 0 atom stereocenters. The number of carbonyl (C=O) groups is 1. The fraction of sp³-hybridized carbons (Fsp3) is 0.188. The highest BCUT2D eigenvalue weighted by atomic mass is 16.5. The van der Waals surface area contributed by atoms with E-state index in [1.165, 1.54) is 0 Å². The van der Waals surface area contributed by atoms with Crippen molar-refractivity contribution in [3.05, 3.63) is 49.1 Å². The van der Waals surface area contributed by atoms with E-state index in [9.17, 15) is 4.79 Å². The molecule has 0 saturated carbocycles. The Morgan fingerprint density at radius 1 is 1.25 bits per heavy atom. The van der Waals surface area contributed by atoms with Crippen LogP contribution >= 0.6 is 0 Å². The van der Waals surface area contributed by atoms with Crippen molar-refractivity contribution < 1.29 is 19.0 Å². The molecule has 2 aromatic carbocycles. The molecular weight excluding hydrogens is 256 g/mol. The van der Waals surface area contributed by atoms with Crippen LogP contribution in [0.15, 0.2) is 49.1 Å². The summed E-state index contributed by atoms with van der Waals surface area (Å²) >= 11 is 0. The summed E-state index contributed by atoms with van der Waals surface area (Å²) in [4.78, 5) is 11.2. The second kappa shape index (κ2) is 6.73. The molecule has 0 bridgehead atoms. The molecule has 0 N–H and O–H groups in total. The Balaban J connectivity index is 2.25. The van der Waals surface area contributed by atoms with E-state index in [0.717, 1.165) is 22.6 Å². The van der Waals surface area contributed by atoms with Gasteiger partial charge in [0.15, 0.2) is 0 Å². The highest BCUT2D eigenvalue weighted by Gasteiger charge is 2.05. The number of methoxy groups -OCH3 is 1. The van der Waals surface area contributed by atoms with Crippen molar-refractivity contribution >= 4 is 16.7 Å². The van der Waals surface area contributed by atoms with Gasteiger partial charge in [-0.2, -0.15) is 0 Å². The van der Waals surface area contributed by atoms with Gasteiger partial charge in [-0.25, -0.2) is 4.79 Å². The van der Waals surface area contributed by atoms with Gasteiger partial charge in [0.25, 0.3) is 0 Å². The van der Waals surface area contributed by atoms with Gasteiger partial charge in [0, 0.05) is 18.6 Å². The van der Waals surface area contributed by atoms with Crippen LogP contribution in [0, 0.1) is 0 Å². The van der Waals surface area contributed by atoms with Gasteiger partial charge in [-0.15, -0.1) is 0 Å². The third-order valence-electron chi connectivity index (χ3n) is 2.74. The summed E-state index contributed by atoms with van der Waals surface area (Å²) in [6.45, 7) is 4.39. The van der Waals surface area contributed by atoms with Crippen LogP contribution in [0.4, 0.5) is 0 Å². The average molecular weight is 272 g/mol. The Morgan fingerprint density at radius 2 is 2.10 bits per heavy atom. The first-order valence-corrected chi connectivity index (χ1v) is 6.23. The van der Waals surface area contributed by atoms with Crippen LogP contribution in [0.3, 0.4) is 0 Å². The van der Waals surface area contributed by atoms with E-state index in [-0.39, 0.29) is 0 Å². The van der Waals surface area contributed by atoms with Crippen LogP contribution < -0.4 is 9.47 Å². The molecule has 0 radical (unpaired) electrons. The molecule has 0 spiro atoms. The van der Waals surface area contributed by atoms with E-state index in [4.69, 9.17) is 14.2 Å². The van der Waals surface area contributed by atoms with Gasteiger partial charge < -0.3 is 14.2 Å². The van der Waals surface area contributed by atoms with Gasteiger partial charge in [-0.05, 0) is 29.7 Å². The molecule has 0 aliphatic heterocycles. The highest BCUT2D eigenvalue weighted by molar-refractivity contribution is 5.90. The largest absolute Gasteiger partial charge is 0.491 e. The number of fused-ring (bicyclic) bond motifs is 1. The number of ether oxygens (including phenoxy) is 3. The topological polar surface area (TPSA) is 44.8 Å². The summed E-state index contributed by atoms with van der Waals surface area (Å²) in [7, 11) is 1.63. The normalized spacial score (nSPS) is 10.2. The zero-order chi connectivity index (χ0) is 14.4. The molecule has 0 aliphatic rings. The molecule has 20 heavy (non-hydrogen) atoms. The van der Waals surface area contributed by atoms with Gasteiger partial charge in [0.2, 0.25) is 0 Å². The number of benzene rings is 2. The van der Waals surface area contributed by atoms with Crippen LogP contribution in [0.5, 0.6) is 11.5 Å². The Morgan fingerprint density at radius 3 is 2.85 bits per heavy atom. The smallest absolute Gasteiger partial charge is 0.335 e. The van der Waals surface area contributed by atoms with E-state index in [1.54, 1.807) is 19.2 Å². The standard InChI is InChI=1S/C16H16O4/c1-3-16(17)20-13-7-8-14-12(11-13)5-4-6-15(14)19-10-9-18-2/h3-8,11H,1,9-10H2,2H3. The number of hydrogen-bond acceptors (Lipinski definition) is 4. The molecule has 2 rings (SSSR count). The summed E-state index contributed by atoms with van der Waals surface area (Å²) < 4.78 is 15.7. The maximum absolute atomic E-state index is 11.2. The van der Waals surface area contributed by atoms with Gasteiger partial charge in [0.05, 0.1) is 6.61 Å². The summed E-state index contributed by atoms with van der Waals surface area (Å²) in [6, 6.07) is 11.1. The molecule has 4 heteroatoms. The maximum Gasteiger partial charge on any atom is 0.335 e. The SMILES string of the molecule is C=CC(=O)Oc1ccc2c(OCCOC)cccc2c1. The van der Waals surface area contributed by atoms with Crippen molar-refractivity contribution in [3.63, 3.8) is 0 Å². The molecule has 4 nitrogen and oxygen atoms in total. The van der Waals surface area contributed by atoms with E-state index < -0.39 is 5.97 Å². The van der Waals surface area contributed by atoms with E-state index >= 15 is 0 Å². The molecule has 0 amide bonds. The number of hydrogen-bond donors (Lipinski definition) is 0. The van der Waals surface area contributed by atoms with Crippen molar-refractivity contribution in [1.82, 2.24) is 0 Å². The molecule has 104 valence electrons. The lowest BCUT2D eigenvalue weighted by molar-refractivity contribution is -0.128. The second-order valence-electron chi connectivity index (χ2n) is 4.11. The molecule has 0 unspecified atom stereocenters. The minimum atomic E-state index is -0.475. The fourth-order valence-corrected chi connectivity index (χ4v) is 1.81. The lowest BCUT2D eigenvalue weighted by atomic mass is 10.1. The summed E-state index contributed by atoms with van der Waals surface area (Å²) in [6.07, 6.45) is 1.13. The van der Waals surface area contributed by atoms with Crippen molar-refractivity contribution in [1.29, 1.82) is 0 Å². The minimum Gasteiger partial charge on any atom is -0.491 e. The Bertz CT molecular complexity index is 619. The second-order valence-corrected chi connectivity index (χ2v) is 4.11. The first kappa shape index (κ1) is 14.1. The molecule has 0 aromatic heterocycles. The zero-order valence-corrected chi connectivity index (χ0v) is 11.3. The average Bonchev–Trinajstić information content (AvgIpc) is 2.47. The third kappa shape index (κ3) is 3.36. The Hall–Kier alpha value is -2.33. The van der Waals surface area contributed by atoms with E-state index in [0.29, 0.717) is 19.0 Å². The van der Waals surface area contributed by atoms with Crippen molar-refractivity contribution in [2.24, 2.45) is 0 Å². The van der Waals surface area contributed by atoms with Gasteiger partial charge in [-0.1, -0.05) is 18.7 Å². The van der Waals surface area contributed by atoms with Crippen LogP contribution in [-0.2, 0) is 9.53 Å². The Kier molecular flexibility index (Phi) is 4.74. The van der Waals surface area contributed by atoms with Gasteiger partial charge in [0.1, 0.15) is 18.1 Å². The maximum atomic E-state index is 11.2. The summed E-state index contributed by atoms with van der Waals surface area (Å²) in [5.74, 6) is 0.787. The van der Waals surface area contributed by atoms with E-state index in [1.807, 2.05) is 24.3 Å². The van der Waals surface area contributed by atoms with Crippen LogP contribution in [0.1, 0.15) is 0 Å². The molecule has 0 heterocycles. The third-order valence-corrected chi connectivity index (χ3v) is 2.74. The predicted molar refractivity (Wildman–Crippen MR) is 77.2 cm³/mol. The van der Waals surface area contributed by atoms with Crippen molar-refractivity contribution in [2.75, 3.05) is 20.3 Å². The molecule has 0 aliphatic carbocycles. The summed E-state index contributed by atoms with van der Waals surface area (Å²) in [5.41, 5.74) is 0. The Labute approximate surface area is 117 Å². The minimum absolute atomic E-state index is 0.475. The molecule has 0 saturated heterocycles. The lowest BCUT2D eigenvalue weighted by Crippen LogP contribution is -2.05. The quantitative estimate of drug-likeness (QED) is 0.351. The van der Waals surface area contributed by atoms with Crippen LogP contribution in [0.2, 0.25) is 0 Å². The molecular formula is C16H16O4. The van der Waals surface area contributed by atoms with E-state index in [2.05, 4.69) is 6.58 Å². The lowest BCUT2D eigenvalue weighted by Gasteiger charge is -2.10.